The van der Waals surface area contributed by atoms with Gasteiger partial charge in [0.15, 0.2) is 40.6 Å². The van der Waals surface area contributed by atoms with E-state index in [1.165, 1.54) is 6.92 Å². The van der Waals surface area contributed by atoms with Crippen molar-refractivity contribution in [2.24, 2.45) is 17.8 Å². The summed E-state index contributed by atoms with van der Waals surface area (Å²) in [6, 6.07) is 0. The van der Waals surface area contributed by atoms with Gasteiger partial charge >= 0.3 is 23.9 Å². The summed E-state index contributed by atoms with van der Waals surface area (Å²) in [7, 11) is 0. The molecule has 0 aromatic rings. The van der Waals surface area contributed by atoms with E-state index in [0.29, 0.717) is 20.8 Å². The lowest BCUT2D eigenvalue weighted by Crippen LogP contribution is -2.87. The molecule has 8 atom stereocenters. The highest BCUT2D eigenvalue weighted by atomic mass is 16.7. The lowest BCUT2D eigenvalue weighted by molar-refractivity contribution is -0.365. The van der Waals surface area contributed by atoms with E-state index in [1.807, 2.05) is 0 Å². The molecule has 1 heterocycles. The van der Waals surface area contributed by atoms with Gasteiger partial charge in [-0.3, -0.25) is 38.4 Å². The van der Waals surface area contributed by atoms with Gasteiger partial charge in [0.2, 0.25) is 17.5 Å². The second kappa shape index (κ2) is 13.1. The summed E-state index contributed by atoms with van der Waals surface area (Å²) in [6.07, 6.45) is -9.47. The Morgan fingerprint density at radius 3 is 1.50 bits per heavy atom. The number of ether oxygens (including phenoxy) is 2. The molecular formula is C25H34O17. The number of ketones is 4. The van der Waals surface area contributed by atoms with Crippen LogP contribution in [-0.4, -0.2) is 118 Å². The lowest BCUT2D eigenvalue weighted by atomic mass is 9.60. The quantitative estimate of drug-likeness (QED) is 0.0745. The Hall–Kier alpha value is -3.64. The van der Waals surface area contributed by atoms with Gasteiger partial charge in [-0.15, -0.1) is 0 Å². The van der Waals surface area contributed by atoms with Crippen LogP contribution in [0.15, 0.2) is 0 Å². The van der Waals surface area contributed by atoms with Crippen molar-refractivity contribution in [2.75, 3.05) is 0 Å². The van der Waals surface area contributed by atoms with E-state index in [2.05, 4.69) is 0 Å². The highest BCUT2D eigenvalue weighted by Crippen LogP contribution is 2.48. The third kappa shape index (κ3) is 6.10. The number of carbonyl (C=O) groups is 8. The second-order valence-corrected chi connectivity index (χ2v) is 10.2. The van der Waals surface area contributed by atoms with Crippen LogP contribution in [-0.2, 0) is 47.8 Å². The highest BCUT2D eigenvalue weighted by molar-refractivity contribution is 6.06. The van der Waals surface area contributed by atoms with Crippen LogP contribution in [0.25, 0.3) is 0 Å². The van der Waals surface area contributed by atoms with Crippen molar-refractivity contribution in [1.29, 1.82) is 0 Å². The van der Waals surface area contributed by atoms with Gasteiger partial charge < -0.3 is 45.2 Å². The lowest BCUT2D eigenvalue weighted by Gasteiger charge is -2.57. The SMILES string of the molecule is CCC(CC(C(=O)O)C(=O)O)CC(C(=O)O)C(=O)OC1O[C@H](C(O)C(C)=O)[C@@](O)(C(C)=O)[C@@](O)(C(C)=O)[C@]1(O)C(C)=O. The number of Topliss-reactive ketones (excluding diaryl/α,β-unsaturated/α-hetero) is 4. The van der Waals surface area contributed by atoms with Crippen LogP contribution in [0.2, 0.25) is 0 Å². The zero-order valence-corrected chi connectivity index (χ0v) is 23.3. The summed E-state index contributed by atoms with van der Waals surface area (Å²) in [5.74, 6) is -18.5. The summed E-state index contributed by atoms with van der Waals surface area (Å²) in [6.45, 7) is 3.78. The van der Waals surface area contributed by atoms with Gasteiger partial charge in [0, 0.05) is 0 Å². The van der Waals surface area contributed by atoms with E-state index in [-0.39, 0.29) is 6.42 Å². The molecule has 0 aromatic carbocycles. The topological polar surface area (TPSA) is 297 Å². The fourth-order valence-corrected chi connectivity index (χ4v) is 4.93. The second-order valence-electron chi connectivity index (χ2n) is 10.2. The van der Waals surface area contributed by atoms with E-state index in [9.17, 15) is 63.9 Å². The molecule has 0 spiro atoms. The first-order valence-electron chi connectivity index (χ1n) is 12.5. The predicted octanol–water partition coefficient (Wildman–Crippen LogP) is -2.54. The van der Waals surface area contributed by atoms with E-state index in [4.69, 9.17) is 19.7 Å². The number of hydrogen-bond acceptors (Lipinski definition) is 14. The molecule has 4 unspecified atom stereocenters. The zero-order valence-electron chi connectivity index (χ0n) is 23.3. The molecular weight excluding hydrogens is 572 g/mol. The van der Waals surface area contributed by atoms with Crippen LogP contribution in [0, 0.1) is 17.8 Å². The minimum atomic E-state index is -3.94. The number of carbonyl (C=O) groups excluding carboxylic acids is 5. The van der Waals surface area contributed by atoms with E-state index < -0.39 is 113 Å². The van der Waals surface area contributed by atoms with Crippen molar-refractivity contribution in [2.45, 2.75) is 89.2 Å². The highest BCUT2D eigenvalue weighted by Gasteiger charge is 2.80. The molecule has 17 nitrogen and oxygen atoms in total. The van der Waals surface area contributed by atoms with Crippen molar-refractivity contribution in [1.82, 2.24) is 0 Å². The van der Waals surface area contributed by atoms with E-state index in [1.54, 1.807) is 0 Å². The number of carboxylic acids is 3. The molecule has 1 aliphatic heterocycles. The van der Waals surface area contributed by atoms with Gasteiger partial charge in [-0.25, -0.2) is 0 Å². The van der Waals surface area contributed by atoms with Crippen LogP contribution >= 0.6 is 0 Å². The Kier molecular flexibility index (Phi) is 11.4. The van der Waals surface area contributed by atoms with Crippen LogP contribution in [0.4, 0.5) is 0 Å². The number of hydrogen-bond donors (Lipinski definition) is 7. The monoisotopic (exact) mass is 606 g/mol. The third-order valence-corrected chi connectivity index (χ3v) is 7.53. The summed E-state index contributed by atoms with van der Waals surface area (Å²) < 4.78 is 10.1. The number of esters is 1. The zero-order chi connectivity index (χ0) is 33.1. The summed E-state index contributed by atoms with van der Waals surface area (Å²) in [5.41, 5.74) is -11.5. The minimum absolute atomic E-state index is 0.0198. The Labute approximate surface area is 238 Å². The number of aliphatic hydroxyl groups excluding tert-OH is 1. The molecule has 1 rings (SSSR count). The smallest absolute Gasteiger partial charge is 0.322 e. The summed E-state index contributed by atoms with van der Waals surface area (Å²) >= 11 is 0. The average Bonchev–Trinajstić information content (AvgIpc) is 2.87. The Bertz CT molecular complexity index is 1150. The molecule has 1 aliphatic rings. The molecule has 0 aromatic heterocycles. The van der Waals surface area contributed by atoms with Crippen molar-refractivity contribution in [3.05, 3.63) is 0 Å². The summed E-state index contributed by atoms with van der Waals surface area (Å²) in [5, 5.41) is 72.5. The van der Waals surface area contributed by atoms with Gasteiger partial charge in [-0.2, -0.15) is 0 Å². The number of carboxylic acid groups (broad SMARTS) is 3. The Morgan fingerprint density at radius 2 is 1.17 bits per heavy atom. The first-order valence-corrected chi connectivity index (χ1v) is 12.5. The van der Waals surface area contributed by atoms with Gasteiger partial charge in [0.1, 0.15) is 12.2 Å². The van der Waals surface area contributed by atoms with Crippen molar-refractivity contribution in [3.63, 3.8) is 0 Å². The number of aliphatic hydroxyl groups is 4. The van der Waals surface area contributed by atoms with Crippen LogP contribution in [0.1, 0.15) is 53.9 Å². The normalized spacial score (nSPS) is 29.6. The third-order valence-electron chi connectivity index (χ3n) is 7.53. The maximum Gasteiger partial charge on any atom is 0.322 e. The predicted molar refractivity (Wildman–Crippen MR) is 131 cm³/mol. The van der Waals surface area contributed by atoms with Gasteiger partial charge in [-0.1, -0.05) is 13.3 Å². The van der Waals surface area contributed by atoms with Crippen LogP contribution in [0.5, 0.6) is 0 Å². The number of aliphatic carboxylic acids is 3. The van der Waals surface area contributed by atoms with Crippen molar-refractivity contribution >= 4 is 47.0 Å². The minimum Gasteiger partial charge on any atom is -0.481 e. The van der Waals surface area contributed by atoms with E-state index in [0.717, 1.165) is 6.92 Å². The van der Waals surface area contributed by atoms with Crippen molar-refractivity contribution < 1.29 is 83.6 Å². The molecule has 236 valence electrons. The van der Waals surface area contributed by atoms with E-state index >= 15 is 0 Å². The van der Waals surface area contributed by atoms with Crippen molar-refractivity contribution in [3.8, 4) is 0 Å². The summed E-state index contributed by atoms with van der Waals surface area (Å²) in [4.78, 5) is 97.7. The molecule has 1 saturated heterocycles. The molecule has 0 bridgehead atoms. The molecule has 1 fully saturated rings. The average molecular weight is 607 g/mol. The maximum atomic E-state index is 13.1. The fraction of sp³-hybridized carbons (Fsp3) is 0.680. The molecule has 42 heavy (non-hydrogen) atoms. The van der Waals surface area contributed by atoms with Gasteiger partial charge in [0.05, 0.1) is 0 Å². The first kappa shape index (κ1) is 36.4. The Balaban J connectivity index is 3.72. The van der Waals surface area contributed by atoms with Crippen LogP contribution < -0.4 is 0 Å². The molecule has 7 N–H and O–H groups in total. The van der Waals surface area contributed by atoms with Crippen LogP contribution in [0.3, 0.4) is 0 Å². The van der Waals surface area contributed by atoms with Gasteiger partial charge in [-0.05, 0) is 46.5 Å². The standard InChI is InChI=1S/C25H34O17/c1-6-13(7-14(18(31)32)19(33)34)8-15(20(35)36)21(37)42-22-24(39,11(4)28)25(40,12(5)29)23(38,10(3)27)17(41-22)16(30)9(2)26/h13-17,22,30,38-40H,6-8H2,1-5H3,(H,31,32)(H,33,34)(H,35,36)/t13?,15?,16?,17-,22?,23+,24+,25+/m1/s1. The molecule has 0 saturated carbocycles. The molecule has 0 aliphatic carbocycles. The fourth-order valence-electron chi connectivity index (χ4n) is 4.93. The maximum absolute atomic E-state index is 13.1. The number of rotatable bonds is 15. The molecule has 0 amide bonds. The molecule has 0 radical (unpaired) electrons. The van der Waals surface area contributed by atoms with Gasteiger partial charge in [0.25, 0.3) is 0 Å². The first-order chi connectivity index (χ1) is 19.1. The Morgan fingerprint density at radius 1 is 0.738 bits per heavy atom. The largest absolute Gasteiger partial charge is 0.481 e. The molecule has 17 heteroatoms.